The van der Waals surface area contributed by atoms with Crippen molar-refractivity contribution in [3.63, 3.8) is 0 Å². The van der Waals surface area contributed by atoms with E-state index in [0.717, 1.165) is 12.1 Å². The van der Waals surface area contributed by atoms with Crippen molar-refractivity contribution in [1.29, 1.82) is 0 Å². The quantitative estimate of drug-likeness (QED) is 0.917. The molecular weight excluding hydrogens is 318 g/mol. The molecule has 2 rings (SSSR count). The molecular formula is C17H22F2N2O3. The minimum Gasteiger partial charge on any atom is -0.450 e. The third-order valence-corrected chi connectivity index (χ3v) is 4.09. The van der Waals surface area contributed by atoms with Gasteiger partial charge in [-0.1, -0.05) is 13.8 Å². The van der Waals surface area contributed by atoms with Crippen molar-refractivity contribution in [2.45, 2.75) is 39.8 Å². The number of amides is 2. The molecule has 0 fully saturated rings. The molecule has 5 nitrogen and oxygen atoms in total. The summed E-state index contributed by atoms with van der Waals surface area (Å²) in [4.78, 5) is 25.8. The molecule has 24 heavy (non-hydrogen) atoms. The number of hydrogen-bond acceptors (Lipinski definition) is 3. The standard InChI is InChI=1S/C17H22F2N2O3/c1-4-24-17(23)20-15(10(2)3)16(22)21-8-7-11-12(9-21)14(19)6-5-13(11)18/h5-6,10,15H,4,7-9H2,1-3H3,(H,20,23)/t15-/m1/s1. The van der Waals surface area contributed by atoms with E-state index in [4.69, 9.17) is 4.74 Å². The van der Waals surface area contributed by atoms with Gasteiger partial charge in [0.15, 0.2) is 0 Å². The average Bonchev–Trinajstić information content (AvgIpc) is 2.55. The van der Waals surface area contributed by atoms with Crippen LogP contribution in [0.15, 0.2) is 12.1 Å². The predicted molar refractivity (Wildman–Crippen MR) is 84.3 cm³/mol. The number of ether oxygens (including phenoxy) is 1. The second-order valence-corrected chi connectivity index (χ2v) is 6.08. The predicted octanol–water partition coefficient (Wildman–Crippen LogP) is 2.62. The number of alkyl carbamates (subject to hydrolysis) is 1. The van der Waals surface area contributed by atoms with Gasteiger partial charge in [-0.2, -0.15) is 0 Å². The van der Waals surface area contributed by atoms with Crippen LogP contribution in [0.3, 0.4) is 0 Å². The average molecular weight is 340 g/mol. The van der Waals surface area contributed by atoms with Gasteiger partial charge < -0.3 is 15.0 Å². The summed E-state index contributed by atoms with van der Waals surface area (Å²) in [5.74, 6) is -1.47. The molecule has 2 amide bonds. The number of fused-ring (bicyclic) bond motifs is 1. The highest BCUT2D eigenvalue weighted by molar-refractivity contribution is 5.86. The molecule has 0 saturated carbocycles. The first-order valence-corrected chi connectivity index (χ1v) is 8.03. The van der Waals surface area contributed by atoms with Gasteiger partial charge in [-0.25, -0.2) is 13.6 Å². The Morgan fingerprint density at radius 1 is 1.25 bits per heavy atom. The number of nitrogens with zero attached hydrogens (tertiary/aromatic N) is 1. The summed E-state index contributed by atoms with van der Waals surface area (Å²) < 4.78 is 32.6. The lowest BCUT2D eigenvalue weighted by Crippen LogP contribution is -2.52. The molecule has 7 heteroatoms. The van der Waals surface area contributed by atoms with Crippen molar-refractivity contribution in [3.05, 3.63) is 34.9 Å². The first-order chi connectivity index (χ1) is 11.3. The zero-order valence-electron chi connectivity index (χ0n) is 14.1. The molecule has 1 N–H and O–H groups in total. The second kappa shape index (κ2) is 7.59. The lowest BCUT2D eigenvalue weighted by molar-refractivity contribution is -0.135. The van der Waals surface area contributed by atoms with E-state index in [1.807, 2.05) is 0 Å². The molecule has 0 aliphatic carbocycles. The number of hydrogen-bond donors (Lipinski definition) is 1. The van der Waals surface area contributed by atoms with E-state index in [-0.39, 0.29) is 43.5 Å². The maximum atomic E-state index is 14.0. The molecule has 132 valence electrons. The van der Waals surface area contributed by atoms with E-state index in [0.29, 0.717) is 5.56 Å². The Bertz CT molecular complexity index is 635. The fourth-order valence-electron chi connectivity index (χ4n) is 2.79. The Hall–Kier alpha value is -2.18. The second-order valence-electron chi connectivity index (χ2n) is 6.08. The van der Waals surface area contributed by atoms with Crippen molar-refractivity contribution < 1.29 is 23.1 Å². The monoisotopic (exact) mass is 340 g/mol. The number of carbonyl (C=O) groups is 2. The fraction of sp³-hybridized carbons (Fsp3) is 0.529. The lowest BCUT2D eigenvalue weighted by atomic mass is 9.96. The van der Waals surface area contributed by atoms with E-state index in [2.05, 4.69) is 5.32 Å². The molecule has 0 saturated heterocycles. The Morgan fingerprint density at radius 3 is 2.46 bits per heavy atom. The van der Waals surface area contributed by atoms with Crippen LogP contribution < -0.4 is 5.32 Å². The fourth-order valence-corrected chi connectivity index (χ4v) is 2.79. The van der Waals surface area contributed by atoms with Crippen molar-refractivity contribution in [3.8, 4) is 0 Å². The number of benzene rings is 1. The summed E-state index contributed by atoms with van der Waals surface area (Å²) in [6, 6.07) is 1.39. The van der Waals surface area contributed by atoms with Gasteiger partial charge in [0.1, 0.15) is 17.7 Å². The van der Waals surface area contributed by atoms with Gasteiger partial charge in [0.05, 0.1) is 6.61 Å². The number of carbonyl (C=O) groups excluding carboxylic acids is 2. The van der Waals surface area contributed by atoms with Crippen LogP contribution in [0.5, 0.6) is 0 Å². The Balaban J connectivity index is 2.16. The number of nitrogens with one attached hydrogen (secondary N) is 1. The van der Waals surface area contributed by atoms with Crippen molar-refractivity contribution in [2.75, 3.05) is 13.2 Å². The minimum atomic E-state index is -0.776. The third kappa shape index (κ3) is 3.83. The van der Waals surface area contributed by atoms with Crippen LogP contribution in [0, 0.1) is 17.6 Å². The van der Waals surface area contributed by atoms with E-state index < -0.39 is 23.8 Å². The lowest BCUT2D eigenvalue weighted by Gasteiger charge is -2.33. The largest absolute Gasteiger partial charge is 0.450 e. The van der Waals surface area contributed by atoms with Gasteiger partial charge in [0.2, 0.25) is 5.91 Å². The van der Waals surface area contributed by atoms with Crippen molar-refractivity contribution in [2.24, 2.45) is 5.92 Å². The SMILES string of the molecule is CCOC(=O)N[C@@H](C(=O)N1CCc2c(F)ccc(F)c2C1)C(C)C. The normalized spacial score (nSPS) is 15.0. The molecule has 0 bridgehead atoms. The zero-order chi connectivity index (χ0) is 17.9. The van der Waals surface area contributed by atoms with Gasteiger partial charge in [0, 0.05) is 18.7 Å². The van der Waals surface area contributed by atoms with Gasteiger partial charge >= 0.3 is 6.09 Å². The highest BCUT2D eigenvalue weighted by Gasteiger charge is 2.32. The smallest absolute Gasteiger partial charge is 0.407 e. The molecule has 1 aromatic rings. The first kappa shape index (κ1) is 18.2. The van der Waals surface area contributed by atoms with Gasteiger partial charge in [0.25, 0.3) is 0 Å². The maximum Gasteiger partial charge on any atom is 0.407 e. The molecule has 1 atom stereocenters. The molecule has 0 spiro atoms. The zero-order valence-corrected chi connectivity index (χ0v) is 14.1. The Labute approximate surface area is 140 Å². The van der Waals surface area contributed by atoms with Crippen molar-refractivity contribution in [1.82, 2.24) is 10.2 Å². The Morgan fingerprint density at radius 2 is 1.88 bits per heavy atom. The number of halogens is 2. The van der Waals surface area contributed by atoms with Crippen LogP contribution in [0.2, 0.25) is 0 Å². The molecule has 0 aromatic heterocycles. The summed E-state index contributed by atoms with van der Waals surface area (Å²) in [7, 11) is 0. The van der Waals surface area contributed by atoms with E-state index in [9.17, 15) is 18.4 Å². The molecule has 1 aromatic carbocycles. The van der Waals surface area contributed by atoms with Crippen LogP contribution >= 0.6 is 0 Å². The summed E-state index contributed by atoms with van der Waals surface area (Å²) in [6.45, 7) is 5.74. The van der Waals surface area contributed by atoms with Crippen LogP contribution in [0.4, 0.5) is 13.6 Å². The highest BCUT2D eigenvalue weighted by Crippen LogP contribution is 2.25. The van der Waals surface area contributed by atoms with Crippen LogP contribution in [-0.4, -0.2) is 36.1 Å². The van der Waals surface area contributed by atoms with Gasteiger partial charge in [-0.05, 0) is 37.0 Å². The molecule has 1 heterocycles. The molecule has 0 unspecified atom stereocenters. The van der Waals surface area contributed by atoms with Crippen LogP contribution in [0.25, 0.3) is 0 Å². The van der Waals surface area contributed by atoms with Crippen LogP contribution in [-0.2, 0) is 22.5 Å². The van der Waals surface area contributed by atoms with E-state index >= 15 is 0 Å². The van der Waals surface area contributed by atoms with Gasteiger partial charge in [-0.3, -0.25) is 4.79 Å². The number of rotatable bonds is 4. The van der Waals surface area contributed by atoms with E-state index in [1.165, 1.54) is 4.90 Å². The topological polar surface area (TPSA) is 58.6 Å². The first-order valence-electron chi connectivity index (χ1n) is 8.03. The molecule has 0 radical (unpaired) electrons. The molecule has 1 aliphatic heterocycles. The highest BCUT2D eigenvalue weighted by atomic mass is 19.1. The van der Waals surface area contributed by atoms with Crippen molar-refractivity contribution >= 4 is 12.0 Å². The van der Waals surface area contributed by atoms with E-state index in [1.54, 1.807) is 20.8 Å². The summed E-state index contributed by atoms with van der Waals surface area (Å²) in [5.41, 5.74) is 0.520. The Kier molecular flexibility index (Phi) is 5.75. The summed E-state index contributed by atoms with van der Waals surface area (Å²) >= 11 is 0. The summed E-state index contributed by atoms with van der Waals surface area (Å²) in [5, 5.41) is 2.54. The van der Waals surface area contributed by atoms with Crippen LogP contribution in [0.1, 0.15) is 31.9 Å². The van der Waals surface area contributed by atoms with Gasteiger partial charge in [-0.15, -0.1) is 0 Å². The third-order valence-electron chi connectivity index (χ3n) is 4.09. The minimum absolute atomic E-state index is 0.00845. The summed E-state index contributed by atoms with van der Waals surface area (Å²) in [6.07, 6.45) is -0.422. The molecule has 1 aliphatic rings. The maximum absolute atomic E-state index is 14.0.